The van der Waals surface area contributed by atoms with E-state index in [4.69, 9.17) is 5.73 Å². The molecule has 1 aliphatic carbocycles. The lowest BCUT2D eigenvalue weighted by molar-refractivity contribution is 0.493. The number of nitrogens with two attached hydrogens (primary N) is 1. The second-order valence-corrected chi connectivity index (χ2v) is 6.64. The van der Waals surface area contributed by atoms with Crippen LogP contribution in [0.1, 0.15) is 40.0 Å². The maximum atomic E-state index is 12.3. The molecule has 1 aromatic heterocycles. The molecule has 1 fully saturated rings. The van der Waals surface area contributed by atoms with Gasteiger partial charge in [0.2, 0.25) is 0 Å². The third-order valence-electron chi connectivity index (χ3n) is 3.91. The molecule has 3 N–H and O–H groups in total. The number of aromatic nitrogens is 2. The summed E-state index contributed by atoms with van der Waals surface area (Å²) in [5, 5.41) is 3.21. The van der Waals surface area contributed by atoms with E-state index in [0.717, 1.165) is 16.9 Å². The lowest BCUT2D eigenvalue weighted by Gasteiger charge is -2.20. The van der Waals surface area contributed by atoms with Crippen LogP contribution in [0.25, 0.3) is 0 Å². The Kier molecular flexibility index (Phi) is 4.44. The zero-order valence-corrected chi connectivity index (χ0v) is 13.3. The first-order valence-corrected chi connectivity index (χ1v) is 7.67. The van der Waals surface area contributed by atoms with Gasteiger partial charge in [-0.2, -0.15) is 0 Å². The van der Waals surface area contributed by atoms with Crippen molar-refractivity contribution in [1.82, 2.24) is 9.13 Å². The second-order valence-electron chi connectivity index (χ2n) is 6.64. The van der Waals surface area contributed by atoms with Gasteiger partial charge in [-0.1, -0.05) is 26.7 Å². The van der Waals surface area contributed by atoms with E-state index in [1.165, 1.54) is 24.5 Å². The van der Waals surface area contributed by atoms with E-state index in [1.807, 2.05) is 13.8 Å². The average molecular weight is 294 g/mol. The lowest BCUT2D eigenvalue weighted by Crippen LogP contribution is -2.42. The molecule has 118 valence electrons. The molecule has 6 nitrogen and oxygen atoms in total. The van der Waals surface area contributed by atoms with Crippen LogP contribution in [0.2, 0.25) is 0 Å². The summed E-state index contributed by atoms with van der Waals surface area (Å²) >= 11 is 0. The third kappa shape index (κ3) is 3.49. The Morgan fingerprint density at radius 1 is 1.29 bits per heavy atom. The summed E-state index contributed by atoms with van der Waals surface area (Å²) in [5.41, 5.74) is 5.73. The van der Waals surface area contributed by atoms with Crippen molar-refractivity contribution in [3.05, 3.63) is 20.8 Å². The van der Waals surface area contributed by atoms with Crippen molar-refractivity contribution < 1.29 is 0 Å². The molecule has 0 spiro atoms. The van der Waals surface area contributed by atoms with Crippen LogP contribution in [0.15, 0.2) is 9.59 Å². The van der Waals surface area contributed by atoms with Crippen LogP contribution in [-0.4, -0.2) is 15.2 Å². The third-order valence-corrected chi connectivity index (χ3v) is 3.91. The first kappa shape index (κ1) is 15.7. The Bertz CT molecular complexity index is 626. The molecule has 6 heteroatoms. The molecule has 1 aliphatic rings. The summed E-state index contributed by atoms with van der Waals surface area (Å²) < 4.78 is 2.61. The van der Waals surface area contributed by atoms with Gasteiger partial charge in [0.1, 0.15) is 11.5 Å². The van der Waals surface area contributed by atoms with Gasteiger partial charge < -0.3 is 11.1 Å². The largest absolute Gasteiger partial charge is 0.383 e. The van der Waals surface area contributed by atoms with Crippen molar-refractivity contribution in [2.45, 2.75) is 52.6 Å². The minimum absolute atomic E-state index is 0.178. The van der Waals surface area contributed by atoms with Crippen molar-refractivity contribution in [2.75, 3.05) is 11.1 Å². The van der Waals surface area contributed by atoms with Gasteiger partial charge >= 0.3 is 5.69 Å². The molecule has 1 saturated carbocycles. The highest BCUT2D eigenvalue weighted by molar-refractivity contribution is 5.61. The van der Waals surface area contributed by atoms with Gasteiger partial charge in [-0.3, -0.25) is 13.9 Å². The van der Waals surface area contributed by atoms with Crippen LogP contribution in [-0.2, 0) is 13.6 Å². The first-order valence-electron chi connectivity index (χ1n) is 7.67. The molecule has 0 saturated heterocycles. The minimum atomic E-state index is -0.355. The first-order chi connectivity index (χ1) is 9.81. The summed E-state index contributed by atoms with van der Waals surface area (Å²) in [6.45, 7) is 6.58. The van der Waals surface area contributed by atoms with Gasteiger partial charge in [0.05, 0.1) is 0 Å². The zero-order chi connectivity index (χ0) is 15.7. The number of rotatable bonds is 6. The predicted molar refractivity (Wildman–Crippen MR) is 85.6 cm³/mol. The maximum Gasteiger partial charge on any atom is 0.332 e. The highest BCUT2D eigenvalue weighted by Crippen LogP contribution is 2.34. The molecule has 0 aromatic carbocycles. The molecular formula is C15H26N4O2. The smallest absolute Gasteiger partial charge is 0.332 e. The fraction of sp³-hybridized carbons (Fsp3) is 0.733. The van der Waals surface area contributed by atoms with Crippen LogP contribution >= 0.6 is 0 Å². The fourth-order valence-corrected chi connectivity index (χ4v) is 2.62. The maximum absolute atomic E-state index is 12.3. The molecule has 21 heavy (non-hydrogen) atoms. The van der Waals surface area contributed by atoms with Crippen molar-refractivity contribution in [2.24, 2.45) is 18.9 Å². The lowest BCUT2D eigenvalue weighted by atomic mass is 10.1. The van der Waals surface area contributed by atoms with Crippen LogP contribution in [0, 0.1) is 11.8 Å². The quantitative estimate of drug-likeness (QED) is 0.830. The van der Waals surface area contributed by atoms with Crippen molar-refractivity contribution >= 4 is 11.5 Å². The van der Waals surface area contributed by atoms with Crippen LogP contribution in [0.3, 0.4) is 0 Å². The number of nitrogens with one attached hydrogen (secondary N) is 1. The van der Waals surface area contributed by atoms with Gasteiger partial charge in [0.25, 0.3) is 5.56 Å². The van der Waals surface area contributed by atoms with Gasteiger partial charge in [0.15, 0.2) is 0 Å². The van der Waals surface area contributed by atoms with Crippen LogP contribution < -0.4 is 22.3 Å². The fourth-order valence-electron chi connectivity index (χ4n) is 2.62. The highest BCUT2D eigenvalue weighted by Gasteiger charge is 2.25. The Morgan fingerprint density at radius 2 is 1.90 bits per heavy atom. The van der Waals surface area contributed by atoms with Crippen molar-refractivity contribution in [1.29, 1.82) is 0 Å². The topological polar surface area (TPSA) is 82.0 Å². The Morgan fingerprint density at radius 3 is 2.43 bits per heavy atom. The van der Waals surface area contributed by atoms with E-state index in [9.17, 15) is 9.59 Å². The average Bonchev–Trinajstić information content (AvgIpc) is 3.21. The molecule has 1 unspecified atom stereocenters. The minimum Gasteiger partial charge on any atom is -0.383 e. The van der Waals surface area contributed by atoms with Gasteiger partial charge in [-0.15, -0.1) is 0 Å². The second kappa shape index (κ2) is 5.95. The number of hydrogen-bond donors (Lipinski definition) is 2. The van der Waals surface area contributed by atoms with Crippen molar-refractivity contribution in [3.8, 4) is 0 Å². The molecule has 0 bridgehead atoms. The molecular weight excluding hydrogens is 268 g/mol. The monoisotopic (exact) mass is 294 g/mol. The normalized spacial score (nSPS) is 16.2. The molecule has 1 atom stereocenters. The number of hydrogen-bond acceptors (Lipinski definition) is 4. The molecule has 2 rings (SSSR count). The highest BCUT2D eigenvalue weighted by atomic mass is 16.2. The van der Waals surface area contributed by atoms with Gasteiger partial charge in [-0.25, -0.2) is 4.79 Å². The molecule has 1 aromatic rings. The molecule has 1 heterocycles. The molecule has 0 radical (unpaired) electrons. The van der Waals surface area contributed by atoms with E-state index in [1.54, 1.807) is 0 Å². The van der Waals surface area contributed by atoms with E-state index in [-0.39, 0.29) is 29.0 Å². The number of anilines is 2. The zero-order valence-electron chi connectivity index (χ0n) is 13.3. The number of nitrogens with zero attached hydrogens (tertiary/aromatic N) is 2. The Balaban J connectivity index is 2.36. The van der Waals surface area contributed by atoms with Crippen molar-refractivity contribution in [3.63, 3.8) is 0 Å². The summed E-state index contributed by atoms with van der Waals surface area (Å²) in [6, 6.07) is 0.178. The summed E-state index contributed by atoms with van der Waals surface area (Å²) in [7, 11) is 1.50. The van der Waals surface area contributed by atoms with Gasteiger partial charge in [0, 0.05) is 19.6 Å². The van der Waals surface area contributed by atoms with Crippen LogP contribution in [0.4, 0.5) is 11.5 Å². The number of nitrogen functional groups attached to an aromatic ring is 1. The molecule has 0 amide bonds. The summed E-state index contributed by atoms with van der Waals surface area (Å²) in [5.74, 6) is 1.29. The SMILES string of the molecule is CC(C)Cn1c(N)c(NC(C)CC2CC2)c(=O)n(C)c1=O. The van der Waals surface area contributed by atoms with E-state index in [2.05, 4.69) is 12.2 Å². The Labute approximate surface area is 125 Å². The summed E-state index contributed by atoms with van der Waals surface area (Å²) in [4.78, 5) is 24.5. The van der Waals surface area contributed by atoms with Crippen LogP contribution in [0.5, 0.6) is 0 Å². The van der Waals surface area contributed by atoms with E-state index in [0.29, 0.717) is 12.2 Å². The van der Waals surface area contributed by atoms with E-state index < -0.39 is 0 Å². The van der Waals surface area contributed by atoms with Gasteiger partial charge in [-0.05, 0) is 25.2 Å². The molecule has 0 aliphatic heterocycles. The van der Waals surface area contributed by atoms with E-state index >= 15 is 0 Å². The summed E-state index contributed by atoms with van der Waals surface area (Å²) in [6.07, 6.45) is 3.57. The Hall–Kier alpha value is -1.72. The standard InChI is InChI=1S/C15H26N4O2/c1-9(2)8-19-13(16)12(14(20)18(4)15(19)21)17-10(3)7-11-5-6-11/h9-11,17H,5-8,16H2,1-4H3. The predicted octanol–water partition coefficient (Wildman–Crippen LogP) is 1.39.